The second kappa shape index (κ2) is 4.74. The second-order valence-corrected chi connectivity index (χ2v) is 5.33. The van der Waals surface area contributed by atoms with Crippen molar-refractivity contribution in [1.82, 2.24) is 0 Å². The smallest absolute Gasteiger partial charge is 0.312 e. The lowest BCUT2D eigenvalue weighted by molar-refractivity contribution is 0.274. The predicted molar refractivity (Wildman–Crippen MR) is 56.5 cm³/mol. The van der Waals surface area contributed by atoms with Crippen LogP contribution in [-0.4, -0.2) is 14.2 Å². The minimum atomic E-state index is -2.93. The van der Waals surface area contributed by atoms with Crippen LogP contribution in [0.4, 0.5) is 0 Å². The lowest BCUT2D eigenvalue weighted by atomic mass is 10.1. The molecule has 0 aliphatic rings. The van der Waals surface area contributed by atoms with Gasteiger partial charge in [0.05, 0.1) is 6.16 Å². The summed E-state index contributed by atoms with van der Waals surface area (Å²) in [6.45, 7) is 1.98. The van der Waals surface area contributed by atoms with Gasteiger partial charge in [0.25, 0.3) is 0 Å². The molecule has 0 bridgehead atoms. The van der Waals surface area contributed by atoms with Gasteiger partial charge in [-0.15, -0.1) is 0 Å². The van der Waals surface area contributed by atoms with E-state index in [1.54, 1.807) is 0 Å². The van der Waals surface area contributed by atoms with Crippen molar-refractivity contribution < 1.29 is 13.6 Å². The molecule has 0 heterocycles. The van der Waals surface area contributed by atoms with Crippen molar-refractivity contribution in [3.05, 3.63) is 35.4 Å². The van der Waals surface area contributed by atoms with Crippen LogP contribution in [0, 0.1) is 6.92 Å². The molecule has 0 unspecified atom stereocenters. The summed E-state index contributed by atoms with van der Waals surface area (Å²) < 4.78 is 21.6. The van der Waals surface area contributed by atoms with Gasteiger partial charge in [0, 0.05) is 14.2 Å². The van der Waals surface area contributed by atoms with Gasteiger partial charge in [-0.1, -0.05) is 24.3 Å². The fourth-order valence-corrected chi connectivity index (χ4v) is 2.38. The Labute approximate surface area is 84.6 Å². The quantitative estimate of drug-likeness (QED) is 0.723. The molecule has 0 saturated heterocycles. The highest BCUT2D eigenvalue weighted by molar-refractivity contribution is 7.52. The lowest BCUT2D eigenvalue weighted by Gasteiger charge is -2.14. The molecule has 1 aromatic rings. The van der Waals surface area contributed by atoms with E-state index in [4.69, 9.17) is 9.05 Å². The Morgan fingerprint density at radius 2 is 1.79 bits per heavy atom. The molecule has 0 fully saturated rings. The van der Waals surface area contributed by atoms with Gasteiger partial charge >= 0.3 is 7.60 Å². The van der Waals surface area contributed by atoms with Crippen molar-refractivity contribution in [3.8, 4) is 0 Å². The van der Waals surface area contributed by atoms with Crippen LogP contribution >= 0.6 is 7.60 Å². The molecule has 0 saturated carbocycles. The van der Waals surface area contributed by atoms with Gasteiger partial charge in [0.1, 0.15) is 0 Å². The molecule has 0 radical (unpaired) electrons. The van der Waals surface area contributed by atoms with Crippen LogP contribution in [0.3, 0.4) is 0 Å². The highest BCUT2D eigenvalue weighted by atomic mass is 31.2. The molecule has 14 heavy (non-hydrogen) atoms. The van der Waals surface area contributed by atoms with Crippen LogP contribution in [-0.2, 0) is 19.8 Å². The molecule has 0 atom stereocenters. The van der Waals surface area contributed by atoms with Gasteiger partial charge < -0.3 is 9.05 Å². The number of benzene rings is 1. The summed E-state index contributed by atoms with van der Waals surface area (Å²) in [5, 5.41) is 0. The zero-order valence-electron chi connectivity index (χ0n) is 8.69. The topological polar surface area (TPSA) is 35.5 Å². The van der Waals surface area contributed by atoms with Crippen molar-refractivity contribution in [2.75, 3.05) is 14.2 Å². The molecule has 3 nitrogen and oxygen atoms in total. The van der Waals surface area contributed by atoms with E-state index >= 15 is 0 Å². The summed E-state index contributed by atoms with van der Waals surface area (Å²) in [6.07, 6.45) is 0.326. The van der Waals surface area contributed by atoms with Crippen molar-refractivity contribution in [2.24, 2.45) is 0 Å². The molecule has 0 N–H and O–H groups in total. The Balaban J connectivity index is 2.88. The number of hydrogen-bond donors (Lipinski definition) is 0. The molecular weight excluding hydrogens is 199 g/mol. The Bertz CT molecular complexity index is 341. The molecule has 0 spiro atoms. The third-order valence-corrected chi connectivity index (χ3v) is 4.02. The van der Waals surface area contributed by atoms with E-state index < -0.39 is 7.60 Å². The van der Waals surface area contributed by atoms with Gasteiger partial charge in [-0.3, -0.25) is 4.57 Å². The summed E-state index contributed by atoms with van der Waals surface area (Å²) in [5.74, 6) is 0. The number of aryl methyl sites for hydroxylation is 1. The largest absolute Gasteiger partial charge is 0.334 e. The maximum absolute atomic E-state index is 11.8. The van der Waals surface area contributed by atoms with Crippen LogP contribution in [0.15, 0.2) is 24.3 Å². The van der Waals surface area contributed by atoms with E-state index in [-0.39, 0.29) is 0 Å². The Hall–Kier alpha value is -0.630. The van der Waals surface area contributed by atoms with Crippen LogP contribution in [0.1, 0.15) is 11.1 Å². The molecule has 1 aromatic carbocycles. The first kappa shape index (κ1) is 11.4. The molecule has 78 valence electrons. The number of hydrogen-bond acceptors (Lipinski definition) is 3. The van der Waals surface area contributed by atoms with Gasteiger partial charge in [0.2, 0.25) is 0 Å². The Morgan fingerprint density at radius 3 is 2.29 bits per heavy atom. The number of rotatable bonds is 4. The average Bonchev–Trinajstić information content (AvgIpc) is 2.21. The first-order valence-electron chi connectivity index (χ1n) is 4.36. The van der Waals surface area contributed by atoms with E-state index in [1.165, 1.54) is 14.2 Å². The summed E-state index contributed by atoms with van der Waals surface area (Å²) in [6, 6.07) is 7.77. The zero-order chi connectivity index (χ0) is 10.6. The molecule has 0 amide bonds. The normalized spacial score (nSPS) is 11.6. The fourth-order valence-electron chi connectivity index (χ4n) is 1.20. The van der Waals surface area contributed by atoms with Gasteiger partial charge in [-0.05, 0) is 18.1 Å². The summed E-state index contributed by atoms with van der Waals surface area (Å²) in [7, 11) is -0.119. The van der Waals surface area contributed by atoms with Crippen LogP contribution in [0.25, 0.3) is 0 Å². The first-order chi connectivity index (χ1) is 6.61. The molecule has 0 aliphatic carbocycles. The van der Waals surface area contributed by atoms with Crippen molar-refractivity contribution in [1.29, 1.82) is 0 Å². The maximum atomic E-state index is 11.8. The molecule has 0 aliphatic heterocycles. The standard InChI is InChI=1S/C10H15O3P/c1-9-6-4-5-7-10(9)8-14(11,12-2)13-3/h4-7H,8H2,1-3H3. The average molecular weight is 214 g/mol. The van der Waals surface area contributed by atoms with Crippen molar-refractivity contribution in [2.45, 2.75) is 13.1 Å². The SMILES string of the molecule is COP(=O)(Cc1ccccc1C)OC. The molecular formula is C10H15O3P. The summed E-state index contributed by atoms with van der Waals surface area (Å²) >= 11 is 0. The molecule has 0 aromatic heterocycles. The van der Waals surface area contributed by atoms with Crippen LogP contribution < -0.4 is 0 Å². The Kier molecular flexibility index (Phi) is 3.87. The van der Waals surface area contributed by atoms with E-state index in [0.717, 1.165) is 11.1 Å². The third-order valence-electron chi connectivity index (χ3n) is 2.18. The Morgan fingerprint density at radius 1 is 1.21 bits per heavy atom. The van der Waals surface area contributed by atoms with Crippen molar-refractivity contribution >= 4 is 7.60 Å². The maximum Gasteiger partial charge on any atom is 0.334 e. The van der Waals surface area contributed by atoms with E-state index in [9.17, 15) is 4.57 Å². The summed E-state index contributed by atoms with van der Waals surface area (Å²) in [5.41, 5.74) is 2.10. The van der Waals surface area contributed by atoms with E-state index in [1.807, 2.05) is 31.2 Å². The van der Waals surface area contributed by atoms with Gasteiger partial charge in [-0.2, -0.15) is 0 Å². The second-order valence-electron chi connectivity index (χ2n) is 3.06. The third kappa shape index (κ3) is 2.68. The highest BCUT2D eigenvalue weighted by Crippen LogP contribution is 2.49. The minimum Gasteiger partial charge on any atom is -0.312 e. The van der Waals surface area contributed by atoms with Gasteiger partial charge in [-0.25, -0.2) is 0 Å². The van der Waals surface area contributed by atoms with Crippen LogP contribution in [0.2, 0.25) is 0 Å². The van der Waals surface area contributed by atoms with Crippen LogP contribution in [0.5, 0.6) is 0 Å². The summed E-state index contributed by atoms with van der Waals surface area (Å²) in [4.78, 5) is 0. The molecule has 4 heteroatoms. The van der Waals surface area contributed by atoms with E-state index in [0.29, 0.717) is 6.16 Å². The predicted octanol–water partition coefficient (Wildman–Crippen LogP) is 2.98. The monoisotopic (exact) mass is 214 g/mol. The van der Waals surface area contributed by atoms with Gasteiger partial charge in [0.15, 0.2) is 0 Å². The lowest BCUT2D eigenvalue weighted by Crippen LogP contribution is -1.95. The first-order valence-corrected chi connectivity index (χ1v) is 6.09. The van der Waals surface area contributed by atoms with Crippen molar-refractivity contribution in [3.63, 3.8) is 0 Å². The zero-order valence-corrected chi connectivity index (χ0v) is 9.58. The molecule has 1 rings (SSSR count). The van der Waals surface area contributed by atoms with E-state index in [2.05, 4.69) is 0 Å². The fraction of sp³-hybridized carbons (Fsp3) is 0.400. The minimum absolute atomic E-state index is 0.326. The highest BCUT2D eigenvalue weighted by Gasteiger charge is 2.21.